The summed E-state index contributed by atoms with van der Waals surface area (Å²) in [6, 6.07) is 6.78. The molecule has 1 aromatic rings. The molecule has 7 nitrogen and oxygen atoms in total. The van der Waals surface area contributed by atoms with Crippen molar-refractivity contribution in [2.75, 3.05) is 39.9 Å². The van der Waals surface area contributed by atoms with Gasteiger partial charge < -0.3 is 14.4 Å². The van der Waals surface area contributed by atoms with Gasteiger partial charge in [0.05, 0.1) is 30.5 Å². The number of nitriles is 1. The van der Waals surface area contributed by atoms with Crippen LogP contribution in [0.1, 0.15) is 44.7 Å². The highest BCUT2D eigenvalue weighted by atomic mass is 16.6. The minimum Gasteiger partial charge on any atom is -0.495 e. The number of hydrogen-bond donors (Lipinski definition) is 0. The molecule has 2 aliphatic rings. The molecule has 1 amide bonds. The quantitative estimate of drug-likeness (QED) is 0.710. The zero-order chi connectivity index (χ0) is 21.4. The van der Waals surface area contributed by atoms with Crippen molar-refractivity contribution >= 4 is 6.09 Å². The van der Waals surface area contributed by atoms with E-state index in [4.69, 9.17) is 9.47 Å². The Labute approximate surface area is 179 Å². The highest BCUT2D eigenvalue weighted by Crippen LogP contribution is 2.40. The van der Waals surface area contributed by atoms with Crippen LogP contribution in [-0.4, -0.2) is 66.8 Å². The van der Waals surface area contributed by atoms with Crippen molar-refractivity contribution in [1.82, 2.24) is 14.8 Å². The number of ether oxygens (including phenoxy) is 2. The Kier molecular flexibility index (Phi) is 7.54. The highest BCUT2D eigenvalue weighted by Gasteiger charge is 2.40. The molecule has 7 heteroatoms. The maximum Gasteiger partial charge on any atom is 0.410 e. The number of hydrogen-bond acceptors (Lipinski definition) is 6. The smallest absolute Gasteiger partial charge is 0.410 e. The van der Waals surface area contributed by atoms with Crippen LogP contribution in [0.2, 0.25) is 0 Å². The lowest BCUT2D eigenvalue weighted by molar-refractivity contribution is 0.110. The average Bonchev–Trinajstić information content (AvgIpc) is 3.06. The monoisotopic (exact) mass is 410 g/mol. The second-order valence-electron chi connectivity index (χ2n) is 7.87. The molecule has 2 fully saturated rings. The molecule has 0 radical (unpaired) electrons. The third-order valence-electron chi connectivity index (χ3n) is 6.23. The number of rotatable bonds is 4. The van der Waals surface area contributed by atoms with E-state index in [9.17, 15) is 10.1 Å². The Bertz CT molecular complexity index is 814. The van der Waals surface area contributed by atoms with Gasteiger partial charge in [-0.25, -0.2) is 4.79 Å². The predicted molar refractivity (Wildman–Crippen MR) is 113 cm³/mol. The first-order valence-corrected chi connectivity index (χ1v) is 10.6. The normalized spacial score (nSPS) is 24.7. The molecule has 0 atom stereocenters. The molecule has 1 aromatic heterocycles. The first-order chi connectivity index (χ1) is 14.6. The topological polar surface area (TPSA) is 78.7 Å². The van der Waals surface area contributed by atoms with Crippen LogP contribution in [0.5, 0.6) is 5.75 Å². The fraction of sp³-hybridized carbons (Fsp3) is 0.609. The van der Waals surface area contributed by atoms with Gasteiger partial charge in [0.1, 0.15) is 5.75 Å². The SMILES string of the molecule is CC#CCOC(=O)N1CCCN(C2CCC(C#N)(c3ccc(OC)cn3)CC2)CC1. The molecule has 0 bridgehead atoms. The molecule has 1 saturated carbocycles. The van der Waals surface area contributed by atoms with Crippen LogP contribution in [0, 0.1) is 23.2 Å². The van der Waals surface area contributed by atoms with E-state index < -0.39 is 5.41 Å². The van der Waals surface area contributed by atoms with Crippen LogP contribution in [0.4, 0.5) is 4.79 Å². The highest BCUT2D eigenvalue weighted by molar-refractivity contribution is 5.67. The average molecular weight is 411 g/mol. The number of carbonyl (C=O) groups is 1. The van der Waals surface area contributed by atoms with Crippen LogP contribution in [-0.2, 0) is 10.2 Å². The number of aromatic nitrogens is 1. The van der Waals surface area contributed by atoms with Gasteiger partial charge >= 0.3 is 6.09 Å². The Morgan fingerprint density at radius 1 is 1.27 bits per heavy atom. The van der Waals surface area contributed by atoms with Crippen LogP contribution < -0.4 is 4.74 Å². The van der Waals surface area contributed by atoms with Gasteiger partial charge in [-0.3, -0.25) is 9.88 Å². The van der Waals surface area contributed by atoms with Gasteiger partial charge in [-0.2, -0.15) is 5.26 Å². The molecule has 1 saturated heterocycles. The minimum absolute atomic E-state index is 0.147. The van der Waals surface area contributed by atoms with E-state index in [1.807, 2.05) is 12.1 Å². The van der Waals surface area contributed by atoms with E-state index in [1.165, 1.54) is 0 Å². The summed E-state index contributed by atoms with van der Waals surface area (Å²) in [4.78, 5) is 21.0. The molecular weight excluding hydrogens is 380 g/mol. The molecule has 160 valence electrons. The largest absolute Gasteiger partial charge is 0.495 e. The summed E-state index contributed by atoms with van der Waals surface area (Å²) in [5, 5.41) is 9.95. The number of amides is 1. The van der Waals surface area contributed by atoms with Gasteiger partial charge in [-0.05, 0) is 51.2 Å². The Balaban J connectivity index is 1.55. The summed E-state index contributed by atoms with van der Waals surface area (Å²) < 4.78 is 10.4. The molecule has 1 aliphatic heterocycles. The zero-order valence-corrected chi connectivity index (χ0v) is 17.9. The summed E-state index contributed by atoms with van der Waals surface area (Å²) >= 11 is 0. The van der Waals surface area contributed by atoms with Gasteiger partial charge in [0.25, 0.3) is 0 Å². The third-order valence-corrected chi connectivity index (χ3v) is 6.23. The molecule has 1 aliphatic carbocycles. The Hall–Kier alpha value is -2.77. The molecule has 0 spiro atoms. The van der Waals surface area contributed by atoms with Gasteiger partial charge in [-0.15, -0.1) is 5.92 Å². The maximum atomic E-state index is 12.2. The summed E-state index contributed by atoms with van der Waals surface area (Å²) in [6.07, 6.45) is 5.84. The van der Waals surface area contributed by atoms with E-state index >= 15 is 0 Å². The molecule has 3 rings (SSSR count). The van der Waals surface area contributed by atoms with E-state index in [-0.39, 0.29) is 12.7 Å². The van der Waals surface area contributed by atoms with Crippen molar-refractivity contribution in [2.24, 2.45) is 0 Å². The summed E-state index contributed by atoms with van der Waals surface area (Å²) in [7, 11) is 1.61. The first-order valence-electron chi connectivity index (χ1n) is 10.6. The van der Waals surface area contributed by atoms with E-state index in [0.29, 0.717) is 24.9 Å². The summed E-state index contributed by atoms with van der Waals surface area (Å²) in [5.74, 6) is 6.19. The lowest BCUT2D eigenvalue weighted by Gasteiger charge is -2.39. The molecule has 30 heavy (non-hydrogen) atoms. The molecule has 0 N–H and O–H groups in total. The second-order valence-corrected chi connectivity index (χ2v) is 7.87. The molecule has 0 aromatic carbocycles. The predicted octanol–water partition coefficient (Wildman–Crippen LogP) is 2.96. The van der Waals surface area contributed by atoms with Crippen molar-refractivity contribution in [3.05, 3.63) is 24.0 Å². The lowest BCUT2D eigenvalue weighted by Crippen LogP contribution is -2.44. The van der Waals surface area contributed by atoms with Gasteiger partial charge in [0.2, 0.25) is 0 Å². The van der Waals surface area contributed by atoms with Crippen molar-refractivity contribution in [2.45, 2.75) is 50.5 Å². The molecule has 2 heterocycles. The van der Waals surface area contributed by atoms with Crippen molar-refractivity contribution in [3.63, 3.8) is 0 Å². The Morgan fingerprint density at radius 2 is 2.07 bits per heavy atom. The van der Waals surface area contributed by atoms with Crippen molar-refractivity contribution in [3.8, 4) is 23.7 Å². The maximum absolute atomic E-state index is 12.2. The number of carbonyl (C=O) groups excluding carboxylic acids is 1. The zero-order valence-electron chi connectivity index (χ0n) is 17.9. The van der Waals surface area contributed by atoms with Crippen molar-refractivity contribution < 1.29 is 14.3 Å². The van der Waals surface area contributed by atoms with Crippen LogP contribution in [0.3, 0.4) is 0 Å². The molecule has 0 unspecified atom stereocenters. The van der Waals surface area contributed by atoms with E-state index in [1.54, 1.807) is 25.1 Å². The van der Waals surface area contributed by atoms with Crippen LogP contribution in [0.15, 0.2) is 18.3 Å². The van der Waals surface area contributed by atoms with Gasteiger partial charge in [-0.1, -0.05) is 5.92 Å². The van der Waals surface area contributed by atoms with Crippen LogP contribution in [0.25, 0.3) is 0 Å². The van der Waals surface area contributed by atoms with E-state index in [0.717, 1.165) is 50.9 Å². The minimum atomic E-state index is -0.523. The van der Waals surface area contributed by atoms with E-state index in [2.05, 4.69) is 27.8 Å². The summed E-state index contributed by atoms with van der Waals surface area (Å²) in [5.41, 5.74) is 0.314. The Morgan fingerprint density at radius 3 is 2.70 bits per heavy atom. The second kappa shape index (κ2) is 10.3. The first kappa shape index (κ1) is 21.9. The number of pyridine rings is 1. The number of nitrogens with zero attached hydrogens (tertiary/aromatic N) is 4. The van der Waals surface area contributed by atoms with Crippen molar-refractivity contribution in [1.29, 1.82) is 5.26 Å². The van der Waals surface area contributed by atoms with Gasteiger partial charge in [0, 0.05) is 32.2 Å². The fourth-order valence-electron chi connectivity index (χ4n) is 4.42. The van der Waals surface area contributed by atoms with Gasteiger partial charge in [0.15, 0.2) is 6.61 Å². The number of methoxy groups -OCH3 is 1. The van der Waals surface area contributed by atoms with Crippen LogP contribution >= 0.6 is 0 Å². The fourth-order valence-corrected chi connectivity index (χ4v) is 4.42. The third kappa shape index (κ3) is 5.04. The molecular formula is C23H30N4O3. The lowest BCUT2D eigenvalue weighted by atomic mass is 9.71. The summed E-state index contributed by atoms with van der Waals surface area (Å²) in [6.45, 7) is 5.04. The standard InChI is InChI=1S/C23H30N4O3/c1-3-4-16-30-22(28)27-13-5-12-26(14-15-27)19-8-10-23(18-24,11-9-19)21-7-6-20(29-2)17-25-21/h6-7,17,19H,5,8-16H2,1-2H3.